The molecule has 1 unspecified atom stereocenters. The van der Waals surface area contributed by atoms with Crippen LogP contribution in [0.4, 0.5) is 18.9 Å². The van der Waals surface area contributed by atoms with Gasteiger partial charge in [-0.2, -0.15) is 13.2 Å². The number of rotatable bonds is 4. The molecule has 1 atom stereocenters. The number of benzene rings is 2. The number of aliphatic imine (C=N–C) groups is 2. The number of amidine groups is 1. The second-order valence-corrected chi connectivity index (χ2v) is 6.75. The quantitative estimate of drug-likeness (QED) is 0.604. The number of nitrogens with zero attached hydrogens (tertiary/aromatic N) is 2. The van der Waals surface area contributed by atoms with E-state index in [1.54, 1.807) is 12.1 Å². The summed E-state index contributed by atoms with van der Waals surface area (Å²) in [6, 6.07) is 17.5. The average molecular weight is 413 g/mol. The van der Waals surface area contributed by atoms with E-state index in [4.69, 9.17) is 10.2 Å². The highest BCUT2D eigenvalue weighted by Gasteiger charge is 2.32. The molecule has 0 bridgehead atoms. The molecule has 1 aliphatic rings. The normalized spacial score (nSPS) is 18.9. The van der Waals surface area contributed by atoms with Crippen LogP contribution in [-0.4, -0.2) is 17.6 Å². The van der Waals surface area contributed by atoms with Gasteiger partial charge in [0.15, 0.2) is 0 Å². The molecule has 0 saturated carbocycles. The van der Waals surface area contributed by atoms with Crippen LogP contribution in [0.5, 0.6) is 0 Å². The maximum atomic E-state index is 13.0. The van der Waals surface area contributed by atoms with Crippen LogP contribution in [0.3, 0.4) is 0 Å². The maximum Gasteiger partial charge on any atom is 0.416 e. The van der Waals surface area contributed by atoms with E-state index >= 15 is 0 Å². The van der Waals surface area contributed by atoms with E-state index in [2.05, 4.69) is 20.6 Å². The first kappa shape index (κ1) is 19.7. The molecule has 0 fully saturated rings. The molecule has 0 saturated heterocycles. The summed E-state index contributed by atoms with van der Waals surface area (Å²) in [6.07, 6.45) is -2.76. The molecule has 4 rings (SSSR count). The summed E-state index contributed by atoms with van der Waals surface area (Å²) < 4.78 is 44.5. The third kappa shape index (κ3) is 4.52. The van der Waals surface area contributed by atoms with Gasteiger partial charge in [-0.15, -0.1) is 0 Å². The second kappa shape index (κ2) is 7.68. The summed E-state index contributed by atoms with van der Waals surface area (Å²) in [6.45, 7) is 0. The van der Waals surface area contributed by atoms with Crippen LogP contribution in [0.25, 0.3) is 0 Å². The summed E-state index contributed by atoms with van der Waals surface area (Å²) >= 11 is 0. The van der Waals surface area contributed by atoms with Crippen LogP contribution in [0.1, 0.15) is 16.9 Å². The Morgan fingerprint density at radius 2 is 1.80 bits per heavy atom. The van der Waals surface area contributed by atoms with Gasteiger partial charge in [0.2, 0.25) is 11.7 Å². The third-order valence-electron chi connectivity index (χ3n) is 4.36. The summed E-state index contributed by atoms with van der Waals surface area (Å²) in [5.41, 5.74) is 6.63. The molecule has 30 heavy (non-hydrogen) atoms. The third-order valence-corrected chi connectivity index (χ3v) is 4.36. The van der Waals surface area contributed by atoms with E-state index in [9.17, 15) is 13.2 Å². The van der Waals surface area contributed by atoms with Gasteiger partial charge < -0.3 is 15.1 Å². The molecule has 2 heterocycles. The van der Waals surface area contributed by atoms with Gasteiger partial charge in [0, 0.05) is 11.3 Å². The lowest BCUT2D eigenvalue weighted by molar-refractivity contribution is -0.137. The van der Waals surface area contributed by atoms with Crippen molar-refractivity contribution >= 4 is 17.5 Å². The Hall–Kier alpha value is -3.59. The van der Waals surface area contributed by atoms with Crippen LogP contribution >= 0.6 is 0 Å². The SMILES string of the molecule is NC1(Cc2ccco2)N=C(Nc2cccc(C(F)(F)F)c2)NC(c2ccccc2)=N1. The van der Waals surface area contributed by atoms with Crippen molar-refractivity contribution in [3.63, 3.8) is 0 Å². The minimum atomic E-state index is -4.45. The standard InChI is InChI=1S/C21H18F3N5O/c22-21(23,24)15-8-4-9-16(12-15)26-19-27-18(14-6-2-1-3-7-14)28-20(25,29-19)13-17-10-5-11-30-17/h1-12H,13,25H2,(H2,26,27,28,29). The lowest BCUT2D eigenvalue weighted by Gasteiger charge is -2.28. The van der Waals surface area contributed by atoms with Gasteiger partial charge in [-0.25, -0.2) is 9.98 Å². The monoisotopic (exact) mass is 413 g/mol. The Morgan fingerprint density at radius 1 is 1.00 bits per heavy atom. The smallest absolute Gasteiger partial charge is 0.416 e. The molecule has 0 spiro atoms. The maximum absolute atomic E-state index is 13.0. The number of hydrogen-bond acceptors (Lipinski definition) is 6. The van der Waals surface area contributed by atoms with Gasteiger partial charge in [0.05, 0.1) is 18.2 Å². The fourth-order valence-corrected chi connectivity index (χ4v) is 3.03. The van der Waals surface area contributed by atoms with Crippen molar-refractivity contribution in [3.8, 4) is 0 Å². The zero-order valence-corrected chi connectivity index (χ0v) is 15.6. The van der Waals surface area contributed by atoms with Crippen molar-refractivity contribution in [2.75, 3.05) is 5.32 Å². The summed E-state index contributed by atoms with van der Waals surface area (Å²) in [4.78, 5) is 8.92. The van der Waals surface area contributed by atoms with E-state index in [1.807, 2.05) is 30.3 Å². The first-order valence-corrected chi connectivity index (χ1v) is 9.08. The molecular weight excluding hydrogens is 395 g/mol. The molecule has 3 aromatic rings. The fraction of sp³-hybridized carbons (Fsp3) is 0.143. The number of anilines is 1. The first-order chi connectivity index (χ1) is 14.3. The molecule has 1 aliphatic heterocycles. The zero-order chi connectivity index (χ0) is 21.2. The predicted molar refractivity (Wildman–Crippen MR) is 108 cm³/mol. The van der Waals surface area contributed by atoms with Gasteiger partial charge in [-0.3, -0.25) is 5.73 Å². The average Bonchev–Trinajstić information content (AvgIpc) is 3.20. The van der Waals surface area contributed by atoms with Crippen molar-refractivity contribution in [1.82, 2.24) is 5.32 Å². The molecular formula is C21H18F3N5O. The highest BCUT2D eigenvalue weighted by molar-refractivity contribution is 6.13. The Labute approximate surface area is 170 Å². The minimum absolute atomic E-state index is 0.172. The number of nitrogens with two attached hydrogens (primary N) is 1. The Balaban J connectivity index is 1.67. The van der Waals surface area contributed by atoms with Gasteiger partial charge in [-0.1, -0.05) is 36.4 Å². The van der Waals surface area contributed by atoms with Crippen molar-refractivity contribution in [1.29, 1.82) is 0 Å². The van der Waals surface area contributed by atoms with E-state index in [0.29, 0.717) is 11.6 Å². The summed E-state index contributed by atoms with van der Waals surface area (Å²) in [5, 5.41) is 5.88. The van der Waals surface area contributed by atoms with E-state index in [1.165, 1.54) is 18.4 Å². The number of alkyl halides is 3. The fourth-order valence-electron chi connectivity index (χ4n) is 3.03. The number of nitrogens with one attached hydrogen (secondary N) is 2. The molecule has 0 radical (unpaired) electrons. The molecule has 6 nitrogen and oxygen atoms in total. The van der Waals surface area contributed by atoms with Crippen LogP contribution in [-0.2, 0) is 12.6 Å². The van der Waals surface area contributed by atoms with Crippen molar-refractivity contribution in [3.05, 3.63) is 89.9 Å². The topological polar surface area (TPSA) is 87.9 Å². The van der Waals surface area contributed by atoms with Gasteiger partial charge >= 0.3 is 6.18 Å². The molecule has 1 aromatic heterocycles. The van der Waals surface area contributed by atoms with E-state index in [-0.39, 0.29) is 18.1 Å². The zero-order valence-electron chi connectivity index (χ0n) is 15.6. The van der Waals surface area contributed by atoms with Gasteiger partial charge in [-0.05, 0) is 30.3 Å². The summed E-state index contributed by atoms with van der Waals surface area (Å²) in [5.74, 6) is -0.206. The molecule has 4 N–H and O–H groups in total. The van der Waals surface area contributed by atoms with Crippen molar-refractivity contribution in [2.45, 2.75) is 18.4 Å². The van der Waals surface area contributed by atoms with Crippen LogP contribution in [0.2, 0.25) is 0 Å². The lowest BCUT2D eigenvalue weighted by Crippen LogP contribution is -2.50. The van der Waals surface area contributed by atoms with Crippen molar-refractivity contribution in [2.24, 2.45) is 15.7 Å². The highest BCUT2D eigenvalue weighted by Crippen LogP contribution is 2.30. The number of furan rings is 1. The molecule has 0 aliphatic carbocycles. The number of halogens is 3. The Kier molecular flexibility index (Phi) is 5.04. The van der Waals surface area contributed by atoms with Crippen LogP contribution < -0.4 is 16.4 Å². The van der Waals surface area contributed by atoms with Crippen molar-refractivity contribution < 1.29 is 17.6 Å². The largest absolute Gasteiger partial charge is 0.469 e. The van der Waals surface area contributed by atoms with Gasteiger partial charge in [0.25, 0.3) is 0 Å². The van der Waals surface area contributed by atoms with Crippen LogP contribution in [0, 0.1) is 0 Å². The number of guanidine groups is 1. The Bertz CT molecular complexity index is 1080. The van der Waals surface area contributed by atoms with Crippen LogP contribution in [0.15, 0.2) is 87.4 Å². The first-order valence-electron chi connectivity index (χ1n) is 9.08. The number of hydrogen-bond donors (Lipinski definition) is 3. The van der Waals surface area contributed by atoms with E-state index < -0.39 is 17.5 Å². The molecule has 2 aromatic carbocycles. The second-order valence-electron chi connectivity index (χ2n) is 6.75. The van der Waals surface area contributed by atoms with E-state index in [0.717, 1.165) is 17.7 Å². The van der Waals surface area contributed by atoms with Gasteiger partial charge in [0.1, 0.15) is 11.6 Å². The highest BCUT2D eigenvalue weighted by atomic mass is 19.4. The Morgan fingerprint density at radius 3 is 2.50 bits per heavy atom. The minimum Gasteiger partial charge on any atom is -0.469 e. The predicted octanol–water partition coefficient (Wildman–Crippen LogP) is 3.97. The molecule has 9 heteroatoms. The molecule has 154 valence electrons. The molecule has 0 amide bonds. The lowest BCUT2D eigenvalue weighted by atomic mass is 10.1. The summed E-state index contributed by atoms with van der Waals surface area (Å²) in [7, 11) is 0.